The number of alkyl halides is 1. The molecule has 1 aromatic rings. The molecule has 2 aliphatic carbocycles. The summed E-state index contributed by atoms with van der Waals surface area (Å²) in [5, 5.41) is 3.73. The van der Waals surface area contributed by atoms with Gasteiger partial charge < -0.3 is 0 Å². The topological polar surface area (TPSA) is 12.9 Å². The van der Waals surface area contributed by atoms with Gasteiger partial charge in [0.15, 0.2) is 0 Å². The number of nitrogens with zero attached hydrogens (tertiary/aromatic N) is 1. The maximum absolute atomic E-state index is 4.91. The molecular weight excluding hydrogens is 329 g/mol. The first-order valence-electron chi connectivity index (χ1n) is 6.20. The van der Waals surface area contributed by atoms with E-state index in [4.69, 9.17) is 4.98 Å². The van der Waals surface area contributed by atoms with Crippen molar-refractivity contribution in [3.63, 3.8) is 0 Å². The highest BCUT2D eigenvalue weighted by atomic mass is 127. The highest BCUT2D eigenvalue weighted by molar-refractivity contribution is 14.1. The normalized spacial score (nSPS) is 33.2. The molecule has 2 saturated carbocycles. The van der Waals surface area contributed by atoms with Crippen LogP contribution in [0.15, 0.2) is 5.38 Å². The molecule has 0 N–H and O–H groups in total. The first kappa shape index (κ1) is 11.5. The number of halogens is 1. The fourth-order valence-electron chi connectivity index (χ4n) is 2.91. The minimum Gasteiger partial charge on any atom is -0.246 e. The van der Waals surface area contributed by atoms with E-state index in [-0.39, 0.29) is 0 Å². The van der Waals surface area contributed by atoms with Crippen molar-refractivity contribution >= 4 is 33.9 Å². The van der Waals surface area contributed by atoms with Crippen LogP contribution >= 0.6 is 33.9 Å². The Morgan fingerprint density at radius 2 is 2.00 bits per heavy atom. The first-order chi connectivity index (χ1) is 7.60. The van der Waals surface area contributed by atoms with Gasteiger partial charge >= 0.3 is 0 Å². The van der Waals surface area contributed by atoms with Gasteiger partial charge in [-0.25, -0.2) is 4.98 Å². The fraction of sp³-hybridized carbons (Fsp3) is 0.769. The summed E-state index contributed by atoms with van der Waals surface area (Å²) in [6.07, 6.45) is 5.55. The van der Waals surface area contributed by atoms with Crippen molar-refractivity contribution in [3.8, 4) is 0 Å². The molecular formula is C13H18INS. The quantitative estimate of drug-likeness (QED) is 0.557. The Labute approximate surface area is 115 Å². The number of hydrogen-bond acceptors (Lipinski definition) is 2. The molecule has 16 heavy (non-hydrogen) atoms. The van der Waals surface area contributed by atoms with E-state index >= 15 is 0 Å². The van der Waals surface area contributed by atoms with Gasteiger partial charge in [0.05, 0.1) is 10.7 Å². The van der Waals surface area contributed by atoms with E-state index in [1.54, 1.807) is 0 Å². The molecule has 1 heterocycles. The van der Waals surface area contributed by atoms with Gasteiger partial charge in [-0.15, -0.1) is 11.3 Å². The number of rotatable bonds is 2. The van der Waals surface area contributed by atoms with Gasteiger partial charge in [0, 0.05) is 21.1 Å². The van der Waals surface area contributed by atoms with E-state index in [1.807, 2.05) is 11.3 Å². The Balaban J connectivity index is 1.78. The predicted molar refractivity (Wildman–Crippen MR) is 77.7 cm³/mol. The SMILES string of the molecule is CC1(C)[C@@H](I)[C@@H]1c1csc(C2CCCC2)n1. The monoisotopic (exact) mass is 347 g/mol. The van der Waals surface area contributed by atoms with Gasteiger partial charge in [-0.3, -0.25) is 0 Å². The largest absolute Gasteiger partial charge is 0.246 e. The Morgan fingerprint density at radius 1 is 1.38 bits per heavy atom. The van der Waals surface area contributed by atoms with Crippen molar-refractivity contribution in [2.24, 2.45) is 5.41 Å². The lowest BCUT2D eigenvalue weighted by molar-refractivity contribution is 0.619. The molecule has 2 atom stereocenters. The molecule has 1 aromatic heterocycles. The third kappa shape index (κ3) is 1.74. The molecule has 3 heteroatoms. The molecule has 3 rings (SSSR count). The molecule has 0 saturated heterocycles. The zero-order chi connectivity index (χ0) is 11.3. The Hall–Kier alpha value is 0.360. The maximum atomic E-state index is 4.91. The summed E-state index contributed by atoms with van der Waals surface area (Å²) >= 11 is 4.49. The van der Waals surface area contributed by atoms with Gasteiger partial charge in [0.25, 0.3) is 0 Å². The van der Waals surface area contributed by atoms with Crippen LogP contribution in [0.4, 0.5) is 0 Å². The van der Waals surface area contributed by atoms with E-state index in [0.717, 1.165) is 9.84 Å². The molecule has 0 radical (unpaired) electrons. The Kier molecular flexibility index (Phi) is 2.82. The van der Waals surface area contributed by atoms with E-state index in [2.05, 4.69) is 41.8 Å². The first-order valence-corrected chi connectivity index (χ1v) is 8.32. The van der Waals surface area contributed by atoms with E-state index in [0.29, 0.717) is 11.3 Å². The van der Waals surface area contributed by atoms with Crippen LogP contribution in [0.2, 0.25) is 0 Å². The lowest BCUT2D eigenvalue weighted by Gasteiger charge is -2.03. The maximum Gasteiger partial charge on any atom is 0.0959 e. The fourth-order valence-corrected chi connectivity index (χ4v) is 5.41. The molecule has 0 bridgehead atoms. The zero-order valence-electron chi connectivity index (χ0n) is 9.87. The van der Waals surface area contributed by atoms with Crippen molar-refractivity contribution in [1.82, 2.24) is 4.98 Å². The highest BCUT2D eigenvalue weighted by Gasteiger charge is 2.58. The van der Waals surface area contributed by atoms with Crippen molar-refractivity contribution in [2.45, 2.75) is 55.3 Å². The number of thiazole rings is 1. The average molecular weight is 347 g/mol. The van der Waals surface area contributed by atoms with Crippen LogP contribution in [-0.2, 0) is 0 Å². The van der Waals surface area contributed by atoms with E-state index in [1.165, 1.54) is 36.4 Å². The molecule has 88 valence electrons. The van der Waals surface area contributed by atoms with Crippen molar-refractivity contribution < 1.29 is 0 Å². The second-order valence-electron chi connectivity index (χ2n) is 5.79. The molecule has 2 aliphatic rings. The van der Waals surface area contributed by atoms with Crippen LogP contribution in [0.3, 0.4) is 0 Å². The smallest absolute Gasteiger partial charge is 0.0959 e. The summed E-state index contributed by atoms with van der Waals surface area (Å²) < 4.78 is 0.781. The van der Waals surface area contributed by atoms with Gasteiger partial charge in [0.2, 0.25) is 0 Å². The highest BCUT2D eigenvalue weighted by Crippen LogP contribution is 2.63. The summed E-state index contributed by atoms with van der Waals surface area (Å²) in [7, 11) is 0. The summed E-state index contributed by atoms with van der Waals surface area (Å²) in [4.78, 5) is 4.91. The molecule has 0 spiro atoms. The molecule has 1 nitrogen and oxygen atoms in total. The molecule has 0 amide bonds. The number of aromatic nitrogens is 1. The third-order valence-corrected chi connectivity index (χ3v) is 7.61. The lowest BCUT2D eigenvalue weighted by Crippen LogP contribution is -1.94. The predicted octanol–water partition coefficient (Wildman–Crippen LogP) is 4.73. The molecule has 0 unspecified atom stereocenters. The van der Waals surface area contributed by atoms with Crippen molar-refractivity contribution in [3.05, 3.63) is 16.1 Å². The minimum atomic E-state index is 0.474. The van der Waals surface area contributed by atoms with Crippen LogP contribution in [0.1, 0.15) is 62.1 Å². The molecule has 0 aromatic carbocycles. The standard InChI is InChI=1S/C13H18INS/c1-13(2)10(11(13)14)9-7-16-12(15-9)8-5-3-4-6-8/h7-8,10-11H,3-6H2,1-2H3/t10-,11-/m0/s1. The van der Waals surface area contributed by atoms with Gasteiger partial charge in [-0.2, -0.15) is 0 Å². The van der Waals surface area contributed by atoms with Crippen molar-refractivity contribution in [1.29, 1.82) is 0 Å². The second kappa shape index (κ2) is 3.94. The average Bonchev–Trinajstić information content (AvgIpc) is 2.77. The minimum absolute atomic E-state index is 0.474. The third-order valence-electron chi connectivity index (χ3n) is 4.26. The number of hydrogen-bond donors (Lipinski definition) is 0. The summed E-state index contributed by atoms with van der Waals surface area (Å²) in [5.74, 6) is 1.49. The second-order valence-corrected chi connectivity index (χ2v) is 8.02. The lowest BCUT2D eigenvalue weighted by atomic mass is 10.1. The van der Waals surface area contributed by atoms with Crippen molar-refractivity contribution in [2.75, 3.05) is 0 Å². The summed E-state index contributed by atoms with van der Waals surface area (Å²) in [6.45, 7) is 4.73. The van der Waals surface area contributed by atoms with E-state index < -0.39 is 0 Å². The van der Waals surface area contributed by atoms with Crippen LogP contribution in [-0.4, -0.2) is 8.91 Å². The Morgan fingerprint density at radius 3 is 2.56 bits per heavy atom. The molecule has 2 fully saturated rings. The van der Waals surface area contributed by atoms with E-state index in [9.17, 15) is 0 Å². The molecule has 0 aliphatic heterocycles. The Bertz CT molecular complexity index is 392. The van der Waals surface area contributed by atoms with Crippen LogP contribution in [0.25, 0.3) is 0 Å². The van der Waals surface area contributed by atoms with Gasteiger partial charge in [-0.1, -0.05) is 49.3 Å². The van der Waals surface area contributed by atoms with Gasteiger partial charge in [-0.05, 0) is 18.3 Å². The zero-order valence-corrected chi connectivity index (χ0v) is 12.8. The van der Waals surface area contributed by atoms with Crippen LogP contribution in [0, 0.1) is 5.41 Å². The summed E-state index contributed by atoms with van der Waals surface area (Å²) in [5.41, 5.74) is 1.85. The van der Waals surface area contributed by atoms with Crippen LogP contribution in [0.5, 0.6) is 0 Å². The van der Waals surface area contributed by atoms with Crippen LogP contribution < -0.4 is 0 Å². The summed E-state index contributed by atoms with van der Waals surface area (Å²) in [6, 6.07) is 0. The van der Waals surface area contributed by atoms with Gasteiger partial charge in [0.1, 0.15) is 0 Å².